The molecule has 0 radical (unpaired) electrons. The van der Waals surface area contributed by atoms with E-state index in [1.54, 1.807) is 31.4 Å². The molecule has 126 valence electrons. The molecule has 2 aromatic carbocycles. The van der Waals surface area contributed by atoms with Gasteiger partial charge in [0.25, 0.3) is 0 Å². The standard InChI is InChI=1S/C18H20N2O4/c1-24-16-9-7-14(8-10-16)20-18(23)17(22)19-12-15(21)11-13-5-3-2-4-6-13/h2-10,15,21H,11-12H2,1H3,(H,19,22)(H,20,23). The van der Waals surface area contributed by atoms with Gasteiger partial charge in [-0.05, 0) is 29.8 Å². The zero-order valence-corrected chi connectivity index (χ0v) is 13.4. The fourth-order valence-electron chi connectivity index (χ4n) is 2.11. The minimum atomic E-state index is -0.794. The van der Waals surface area contributed by atoms with Crippen LogP contribution in [0, 0.1) is 0 Å². The Balaban J connectivity index is 1.77. The highest BCUT2D eigenvalue weighted by molar-refractivity contribution is 6.39. The molecule has 0 aliphatic carbocycles. The number of aliphatic hydroxyl groups excluding tert-OH is 1. The molecule has 0 fully saturated rings. The molecule has 2 rings (SSSR count). The smallest absolute Gasteiger partial charge is 0.313 e. The molecular formula is C18H20N2O4. The van der Waals surface area contributed by atoms with E-state index in [1.165, 1.54) is 0 Å². The van der Waals surface area contributed by atoms with Gasteiger partial charge >= 0.3 is 11.8 Å². The van der Waals surface area contributed by atoms with Crippen molar-refractivity contribution in [1.82, 2.24) is 5.32 Å². The van der Waals surface area contributed by atoms with Crippen molar-refractivity contribution in [1.29, 1.82) is 0 Å². The number of carbonyl (C=O) groups is 2. The Kier molecular flexibility index (Phi) is 6.33. The van der Waals surface area contributed by atoms with Crippen LogP contribution >= 0.6 is 0 Å². The maximum absolute atomic E-state index is 11.8. The third-order valence-corrected chi connectivity index (χ3v) is 3.37. The molecule has 1 unspecified atom stereocenters. The maximum Gasteiger partial charge on any atom is 0.313 e. The van der Waals surface area contributed by atoms with Gasteiger partial charge in [0.1, 0.15) is 5.75 Å². The van der Waals surface area contributed by atoms with Crippen LogP contribution < -0.4 is 15.4 Å². The molecule has 0 bridgehead atoms. The molecule has 24 heavy (non-hydrogen) atoms. The first-order valence-electron chi connectivity index (χ1n) is 7.53. The Morgan fingerprint density at radius 3 is 2.33 bits per heavy atom. The third kappa shape index (κ3) is 5.40. The second-order valence-electron chi connectivity index (χ2n) is 5.24. The Hall–Kier alpha value is -2.86. The van der Waals surface area contributed by atoms with Crippen LogP contribution in [0.3, 0.4) is 0 Å². The van der Waals surface area contributed by atoms with E-state index in [0.29, 0.717) is 17.9 Å². The number of nitrogens with one attached hydrogen (secondary N) is 2. The summed E-state index contributed by atoms with van der Waals surface area (Å²) in [6, 6.07) is 16.0. The van der Waals surface area contributed by atoms with Crippen LogP contribution in [0.4, 0.5) is 5.69 Å². The Morgan fingerprint density at radius 1 is 1.04 bits per heavy atom. The van der Waals surface area contributed by atoms with Gasteiger partial charge < -0.3 is 20.5 Å². The number of amides is 2. The fourth-order valence-corrected chi connectivity index (χ4v) is 2.11. The molecule has 3 N–H and O–H groups in total. The van der Waals surface area contributed by atoms with Gasteiger partial charge in [0, 0.05) is 18.7 Å². The van der Waals surface area contributed by atoms with Crippen LogP contribution in [0.15, 0.2) is 54.6 Å². The molecule has 6 nitrogen and oxygen atoms in total. The van der Waals surface area contributed by atoms with Crippen molar-refractivity contribution in [2.45, 2.75) is 12.5 Å². The summed E-state index contributed by atoms with van der Waals surface area (Å²) in [7, 11) is 1.54. The number of aliphatic hydroxyl groups is 1. The second-order valence-corrected chi connectivity index (χ2v) is 5.24. The summed E-state index contributed by atoms with van der Waals surface area (Å²) in [6.07, 6.45) is -0.355. The molecule has 0 saturated heterocycles. The molecule has 2 amide bonds. The monoisotopic (exact) mass is 328 g/mol. The normalized spacial score (nSPS) is 11.4. The van der Waals surface area contributed by atoms with Crippen LogP contribution in [-0.4, -0.2) is 36.7 Å². The molecule has 2 aromatic rings. The molecule has 0 aliphatic rings. The van der Waals surface area contributed by atoms with Gasteiger partial charge in [-0.25, -0.2) is 0 Å². The van der Waals surface area contributed by atoms with Gasteiger partial charge in [-0.2, -0.15) is 0 Å². The number of methoxy groups -OCH3 is 1. The molecule has 1 atom stereocenters. The quantitative estimate of drug-likeness (QED) is 0.699. The number of carbonyl (C=O) groups excluding carboxylic acids is 2. The van der Waals surface area contributed by atoms with E-state index >= 15 is 0 Å². The number of hydrogen-bond donors (Lipinski definition) is 3. The van der Waals surface area contributed by atoms with Crippen LogP contribution in [-0.2, 0) is 16.0 Å². The van der Waals surface area contributed by atoms with Gasteiger partial charge in [-0.1, -0.05) is 30.3 Å². The molecule has 0 spiro atoms. The van der Waals surface area contributed by atoms with E-state index < -0.39 is 17.9 Å². The van der Waals surface area contributed by atoms with Gasteiger partial charge in [-0.15, -0.1) is 0 Å². The lowest BCUT2D eigenvalue weighted by atomic mass is 10.1. The topological polar surface area (TPSA) is 87.7 Å². The molecule has 0 saturated carbocycles. The number of benzene rings is 2. The highest BCUT2D eigenvalue weighted by atomic mass is 16.5. The largest absolute Gasteiger partial charge is 0.497 e. The predicted molar refractivity (Wildman–Crippen MR) is 90.8 cm³/mol. The van der Waals surface area contributed by atoms with E-state index in [1.807, 2.05) is 30.3 Å². The Bertz CT molecular complexity index is 671. The summed E-state index contributed by atoms with van der Waals surface area (Å²) in [4.78, 5) is 23.6. The van der Waals surface area contributed by atoms with Crippen LogP contribution in [0.5, 0.6) is 5.75 Å². The minimum absolute atomic E-state index is 0.00373. The highest BCUT2D eigenvalue weighted by Gasteiger charge is 2.15. The van der Waals surface area contributed by atoms with Crippen molar-refractivity contribution in [3.05, 3.63) is 60.2 Å². The van der Waals surface area contributed by atoms with E-state index in [4.69, 9.17) is 4.74 Å². The molecule has 6 heteroatoms. The van der Waals surface area contributed by atoms with Crippen molar-refractivity contribution < 1.29 is 19.4 Å². The lowest BCUT2D eigenvalue weighted by molar-refractivity contribution is -0.136. The zero-order chi connectivity index (χ0) is 17.4. The van der Waals surface area contributed by atoms with Gasteiger partial charge in [0.15, 0.2) is 0 Å². The first-order chi connectivity index (χ1) is 11.6. The van der Waals surface area contributed by atoms with Crippen molar-refractivity contribution in [2.75, 3.05) is 19.0 Å². The number of hydrogen-bond acceptors (Lipinski definition) is 4. The minimum Gasteiger partial charge on any atom is -0.497 e. The summed E-state index contributed by atoms with van der Waals surface area (Å²) in [6.45, 7) is 0.00373. The third-order valence-electron chi connectivity index (χ3n) is 3.37. The van der Waals surface area contributed by atoms with Gasteiger partial charge in [0.2, 0.25) is 0 Å². The predicted octanol–water partition coefficient (Wildman–Crippen LogP) is 1.35. The zero-order valence-electron chi connectivity index (χ0n) is 13.4. The first-order valence-corrected chi connectivity index (χ1v) is 7.53. The van der Waals surface area contributed by atoms with E-state index in [-0.39, 0.29) is 6.54 Å². The second kappa shape index (κ2) is 8.69. The number of anilines is 1. The summed E-state index contributed by atoms with van der Waals surface area (Å²) in [5.41, 5.74) is 1.45. The Labute approximate surface area is 140 Å². The highest BCUT2D eigenvalue weighted by Crippen LogP contribution is 2.14. The number of ether oxygens (including phenoxy) is 1. The van der Waals surface area contributed by atoms with Crippen molar-refractivity contribution in [3.63, 3.8) is 0 Å². The summed E-state index contributed by atoms with van der Waals surface area (Å²) in [5, 5.41) is 14.8. The van der Waals surface area contributed by atoms with Crippen LogP contribution in [0.1, 0.15) is 5.56 Å². The van der Waals surface area contributed by atoms with E-state index in [9.17, 15) is 14.7 Å². The molecule has 0 aliphatic heterocycles. The molecular weight excluding hydrogens is 308 g/mol. The van der Waals surface area contributed by atoms with Gasteiger partial charge in [0.05, 0.1) is 13.2 Å². The average Bonchev–Trinajstić information content (AvgIpc) is 2.61. The van der Waals surface area contributed by atoms with E-state index in [0.717, 1.165) is 5.56 Å². The summed E-state index contributed by atoms with van der Waals surface area (Å²) >= 11 is 0. The first kappa shape index (κ1) is 17.5. The van der Waals surface area contributed by atoms with Crippen molar-refractivity contribution >= 4 is 17.5 Å². The summed E-state index contributed by atoms with van der Waals surface area (Å²) in [5.74, 6) is -0.925. The van der Waals surface area contributed by atoms with Crippen molar-refractivity contribution in [3.8, 4) is 5.75 Å². The average molecular weight is 328 g/mol. The SMILES string of the molecule is COc1ccc(NC(=O)C(=O)NCC(O)Cc2ccccc2)cc1. The molecule has 0 heterocycles. The van der Waals surface area contributed by atoms with Crippen molar-refractivity contribution in [2.24, 2.45) is 0 Å². The van der Waals surface area contributed by atoms with Crippen LogP contribution in [0.2, 0.25) is 0 Å². The fraction of sp³-hybridized carbons (Fsp3) is 0.222. The lowest BCUT2D eigenvalue weighted by Crippen LogP contribution is -2.40. The van der Waals surface area contributed by atoms with Crippen LogP contribution in [0.25, 0.3) is 0 Å². The van der Waals surface area contributed by atoms with E-state index in [2.05, 4.69) is 10.6 Å². The number of rotatable bonds is 6. The van der Waals surface area contributed by atoms with Gasteiger partial charge in [-0.3, -0.25) is 9.59 Å². The lowest BCUT2D eigenvalue weighted by Gasteiger charge is -2.12. The summed E-state index contributed by atoms with van der Waals surface area (Å²) < 4.78 is 5.02. The maximum atomic E-state index is 11.8. The Morgan fingerprint density at radius 2 is 1.71 bits per heavy atom. The molecule has 0 aromatic heterocycles.